The summed E-state index contributed by atoms with van der Waals surface area (Å²) in [5, 5.41) is 7.89. The molecule has 2 aromatic rings. The van der Waals surface area contributed by atoms with Crippen LogP contribution in [-0.2, 0) is 13.1 Å². The van der Waals surface area contributed by atoms with Crippen molar-refractivity contribution < 1.29 is 9.47 Å². The number of hydrogen-bond acceptors (Lipinski definition) is 5. The van der Waals surface area contributed by atoms with E-state index in [0.717, 1.165) is 30.2 Å². The first-order valence-electron chi connectivity index (χ1n) is 6.18. The fraction of sp³-hybridized carbons (Fsp3) is 0.385. The second-order valence-electron chi connectivity index (χ2n) is 4.05. The van der Waals surface area contributed by atoms with Gasteiger partial charge in [0.25, 0.3) is 0 Å². The van der Waals surface area contributed by atoms with Crippen LogP contribution in [0.2, 0.25) is 0 Å². The lowest BCUT2D eigenvalue weighted by atomic mass is 10.3. The van der Waals surface area contributed by atoms with Crippen molar-refractivity contribution in [2.45, 2.75) is 19.5 Å². The molecule has 6 heteroatoms. The maximum absolute atomic E-state index is 5.62. The molecule has 0 aliphatic rings. The molecule has 0 fully saturated rings. The molecule has 19 heavy (non-hydrogen) atoms. The molecule has 102 valence electrons. The summed E-state index contributed by atoms with van der Waals surface area (Å²) in [4.78, 5) is 0. The minimum absolute atomic E-state index is 0.419. The second kappa shape index (κ2) is 6.75. The Kier molecular flexibility index (Phi) is 4.74. The monoisotopic (exact) mass is 262 g/mol. The normalized spacial score (nSPS) is 10.4. The first kappa shape index (κ1) is 13.4. The van der Waals surface area contributed by atoms with Gasteiger partial charge < -0.3 is 15.2 Å². The largest absolute Gasteiger partial charge is 0.497 e. The highest BCUT2D eigenvalue weighted by Crippen LogP contribution is 2.17. The van der Waals surface area contributed by atoms with E-state index in [0.29, 0.717) is 13.2 Å². The number of ether oxygens (including phenoxy) is 2. The van der Waals surface area contributed by atoms with E-state index in [9.17, 15) is 0 Å². The molecule has 1 heterocycles. The lowest BCUT2D eigenvalue weighted by Crippen LogP contribution is -2.05. The molecule has 0 amide bonds. The third-order valence-electron chi connectivity index (χ3n) is 2.65. The zero-order valence-corrected chi connectivity index (χ0v) is 11.0. The summed E-state index contributed by atoms with van der Waals surface area (Å²) in [5.74, 6) is 1.66. The molecule has 0 spiro atoms. The zero-order valence-electron chi connectivity index (χ0n) is 11.0. The highest BCUT2D eigenvalue weighted by molar-refractivity contribution is 5.31. The lowest BCUT2D eigenvalue weighted by molar-refractivity contribution is 0.297. The first-order valence-corrected chi connectivity index (χ1v) is 6.18. The SMILES string of the molecule is COc1ccc(OCCCn2cc(CN)nn2)cc1. The number of rotatable bonds is 7. The van der Waals surface area contributed by atoms with Gasteiger partial charge in [0, 0.05) is 25.7 Å². The average Bonchev–Trinajstić information content (AvgIpc) is 2.92. The van der Waals surface area contributed by atoms with E-state index in [-0.39, 0.29) is 0 Å². The van der Waals surface area contributed by atoms with E-state index in [1.165, 1.54) is 0 Å². The van der Waals surface area contributed by atoms with Gasteiger partial charge in [-0.1, -0.05) is 5.21 Å². The molecule has 1 aromatic heterocycles. The number of aromatic nitrogens is 3. The van der Waals surface area contributed by atoms with Crippen molar-refractivity contribution in [3.05, 3.63) is 36.2 Å². The predicted octanol–water partition coefficient (Wildman–Crippen LogP) is 1.21. The van der Waals surface area contributed by atoms with E-state index in [1.807, 2.05) is 30.5 Å². The third-order valence-corrected chi connectivity index (χ3v) is 2.65. The van der Waals surface area contributed by atoms with E-state index < -0.39 is 0 Å². The van der Waals surface area contributed by atoms with Gasteiger partial charge in [0.2, 0.25) is 0 Å². The summed E-state index contributed by atoms with van der Waals surface area (Å²) >= 11 is 0. The number of methoxy groups -OCH3 is 1. The summed E-state index contributed by atoms with van der Waals surface area (Å²) in [7, 11) is 1.64. The van der Waals surface area contributed by atoms with E-state index >= 15 is 0 Å². The lowest BCUT2D eigenvalue weighted by Gasteiger charge is -2.06. The Balaban J connectivity index is 1.71. The van der Waals surface area contributed by atoms with Crippen molar-refractivity contribution in [3.63, 3.8) is 0 Å². The number of benzene rings is 1. The molecule has 0 unspecified atom stereocenters. The van der Waals surface area contributed by atoms with Gasteiger partial charge in [-0.2, -0.15) is 0 Å². The molecule has 0 bridgehead atoms. The number of nitrogens with zero attached hydrogens (tertiary/aromatic N) is 3. The molecule has 0 saturated carbocycles. The van der Waals surface area contributed by atoms with Crippen LogP contribution >= 0.6 is 0 Å². The molecule has 2 N–H and O–H groups in total. The van der Waals surface area contributed by atoms with Crippen molar-refractivity contribution in [2.75, 3.05) is 13.7 Å². The molecule has 0 aliphatic heterocycles. The van der Waals surface area contributed by atoms with Gasteiger partial charge in [-0.15, -0.1) is 5.10 Å². The van der Waals surface area contributed by atoms with Gasteiger partial charge >= 0.3 is 0 Å². The molecule has 2 rings (SSSR count). The Morgan fingerprint density at radius 1 is 1.21 bits per heavy atom. The quantitative estimate of drug-likeness (QED) is 0.759. The van der Waals surface area contributed by atoms with Gasteiger partial charge in [-0.05, 0) is 24.3 Å². The van der Waals surface area contributed by atoms with E-state index in [2.05, 4.69) is 10.3 Å². The zero-order chi connectivity index (χ0) is 13.5. The smallest absolute Gasteiger partial charge is 0.119 e. The number of nitrogens with two attached hydrogens (primary N) is 1. The van der Waals surface area contributed by atoms with Crippen LogP contribution in [0, 0.1) is 0 Å². The van der Waals surface area contributed by atoms with Crippen LogP contribution in [0.25, 0.3) is 0 Å². The summed E-state index contributed by atoms with van der Waals surface area (Å²) in [6, 6.07) is 7.53. The Labute approximate surface area is 112 Å². The van der Waals surface area contributed by atoms with Gasteiger partial charge in [-0.25, -0.2) is 0 Å². The highest BCUT2D eigenvalue weighted by Gasteiger charge is 1.99. The van der Waals surface area contributed by atoms with Crippen molar-refractivity contribution >= 4 is 0 Å². The maximum atomic E-state index is 5.62. The number of hydrogen-bond donors (Lipinski definition) is 1. The Morgan fingerprint density at radius 2 is 1.95 bits per heavy atom. The molecule has 0 radical (unpaired) electrons. The molecule has 0 aliphatic carbocycles. The van der Waals surface area contributed by atoms with Crippen LogP contribution in [0.1, 0.15) is 12.1 Å². The van der Waals surface area contributed by atoms with Gasteiger partial charge in [0.15, 0.2) is 0 Å². The standard InChI is InChI=1S/C13H18N4O2/c1-18-12-3-5-13(6-4-12)19-8-2-7-17-10-11(9-14)15-16-17/h3-6,10H,2,7-9,14H2,1H3. The van der Waals surface area contributed by atoms with Gasteiger partial charge in [-0.3, -0.25) is 4.68 Å². The molecular formula is C13H18N4O2. The van der Waals surface area contributed by atoms with Gasteiger partial charge in [0.1, 0.15) is 11.5 Å². The Hall–Kier alpha value is -2.08. The fourth-order valence-corrected chi connectivity index (χ4v) is 1.63. The summed E-state index contributed by atoms with van der Waals surface area (Å²) in [6.45, 7) is 1.82. The van der Waals surface area contributed by atoms with Crippen molar-refractivity contribution in [1.29, 1.82) is 0 Å². The van der Waals surface area contributed by atoms with E-state index in [4.69, 9.17) is 15.2 Å². The van der Waals surface area contributed by atoms with Crippen LogP contribution in [-0.4, -0.2) is 28.7 Å². The molecule has 1 aromatic carbocycles. The van der Waals surface area contributed by atoms with Crippen LogP contribution in [0.3, 0.4) is 0 Å². The van der Waals surface area contributed by atoms with Crippen LogP contribution in [0.15, 0.2) is 30.5 Å². The van der Waals surface area contributed by atoms with Crippen LogP contribution in [0.4, 0.5) is 0 Å². The Morgan fingerprint density at radius 3 is 2.58 bits per heavy atom. The van der Waals surface area contributed by atoms with Crippen molar-refractivity contribution in [1.82, 2.24) is 15.0 Å². The molecule has 0 atom stereocenters. The second-order valence-corrected chi connectivity index (χ2v) is 4.05. The topological polar surface area (TPSA) is 75.2 Å². The summed E-state index contributed by atoms with van der Waals surface area (Å²) in [5.41, 5.74) is 6.27. The molecular weight excluding hydrogens is 244 g/mol. The summed E-state index contributed by atoms with van der Waals surface area (Å²) < 4.78 is 12.5. The minimum atomic E-state index is 0.419. The molecule has 6 nitrogen and oxygen atoms in total. The Bertz CT molecular complexity index is 496. The minimum Gasteiger partial charge on any atom is -0.497 e. The number of aryl methyl sites for hydroxylation is 1. The van der Waals surface area contributed by atoms with Crippen molar-refractivity contribution in [2.24, 2.45) is 5.73 Å². The first-order chi connectivity index (χ1) is 9.31. The van der Waals surface area contributed by atoms with E-state index in [1.54, 1.807) is 11.8 Å². The fourth-order valence-electron chi connectivity index (χ4n) is 1.63. The third kappa shape index (κ3) is 3.96. The van der Waals surface area contributed by atoms with Gasteiger partial charge in [0.05, 0.1) is 19.4 Å². The van der Waals surface area contributed by atoms with Crippen LogP contribution in [0.5, 0.6) is 11.5 Å². The summed E-state index contributed by atoms with van der Waals surface area (Å²) in [6.07, 6.45) is 2.72. The average molecular weight is 262 g/mol. The predicted molar refractivity (Wildman–Crippen MR) is 71.0 cm³/mol. The van der Waals surface area contributed by atoms with Crippen LogP contribution < -0.4 is 15.2 Å². The highest BCUT2D eigenvalue weighted by atomic mass is 16.5. The maximum Gasteiger partial charge on any atom is 0.119 e. The molecule has 0 saturated heterocycles. The van der Waals surface area contributed by atoms with Crippen molar-refractivity contribution in [3.8, 4) is 11.5 Å².